The lowest BCUT2D eigenvalue weighted by Crippen LogP contribution is -2.49. The predicted molar refractivity (Wildman–Crippen MR) is 97.5 cm³/mol. The van der Waals surface area contributed by atoms with Crippen LogP contribution in [-0.2, 0) is 14.3 Å². The first kappa shape index (κ1) is 17.6. The maximum Gasteiger partial charge on any atom is 0.221 e. The van der Waals surface area contributed by atoms with Crippen molar-refractivity contribution in [2.24, 2.45) is 0 Å². The second kappa shape index (κ2) is 8.79. The van der Waals surface area contributed by atoms with E-state index in [9.17, 15) is 4.79 Å². The summed E-state index contributed by atoms with van der Waals surface area (Å²) in [6.07, 6.45) is 1.12. The third kappa shape index (κ3) is 4.68. The molecule has 2 atom stereocenters. The Labute approximate surface area is 149 Å². The highest BCUT2D eigenvalue weighted by Crippen LogP contribution is 2.28. The van der Waals surface area contributed by atoms with Gasteiger partial charge in [-0.05, 0) is 17.5 Å². The van der Waals surface area contributed by atoms with Gasteiger partial charge in [-0.3, -0.25) is 4.79 Å². The molecular formula is C21H25NO3. The first-order valence-electron chi connectivity index (χ1n) is 8.77. The number of carbonyl (C=O) groups is 1. The highest BCUT2D eigenvalue weighted by Gasteiger charge is 2.28. The van der Waals surface area contributed by atoms with E-state index >= 15 is 0 Å². The van der Waals surface area contributed by atoms with Gasteiger partial charge in [0.05, 0.1) is 12.6 Å². The van der Waals surface area contributed by atoms with Crippen LogP contribution in [0.2, 0.25) is 0 Å². The fourth-order valence-electron chi connectivity index (χ4n) is 3.36. The highest BCUT2D eigenvalue weighted by molar-refractivity contribution is 5.78. The van der Waals surface area contributed by atoms with E-state index in [0.717, 1.165) is 17.5 Å². The number of hydrogen-bond acceptors (Lipinski definition) is 3. The number of carbonyl (C=O) groups excluding carboxylic acids is 1. The zero-order valence-electron chi connectivity index (χ0n) is 14.6. The second-order valence-electron chi connectivity index (χ2n) is 6.39. The van der Waals surface area contributed by atoms with Crippen molar-refractivity contribution in [1.82, 2.24) is 5.32 Å². The largest absolute Gasteiger partial charge is 0.379 e. The molecule has 1 aliphatic rings. The van der Waals surface area contributed by atoms with Gasteiger partial charge in [0.1, 0.15) is 6.10 Å². The summed E-state index contributed by atoms with van der Waals surface area (Å²) in [7, 11) is 1.66. The van der Waals surface area contributed by atoms with Crippen LogP contribution in [0.5, 0.6) is 0 Å². The van der Waals surface area contributed by atoms with E-state index in [1.54, 1.807) is 7.11 Å². The molecule has 3 rings (SSSR count). The molecule has 2 aromatic rings. The highest BCUT2D eigenvalue weighted by atomic mass is 16.5. The van der Waals surface area contributed by atoms with Gasteiger partial charge >= 0.3 is 0 Å². The van der Waals surface area contributed by atoms with Crippen molar-refractivity contribution in [3.05, 3.63) is 71.8 Å². The lowest BCUT2D eigenvalue weighted by molar-refractivity contribution is -0.125. The monoisotopic (exact) mass is 339 g/mol. The Morgan fingerprint density at radius 3 is 2.28 bits per heavy atom. The van der Waals surface area contributed by atoms with Gasteiger partial charge in [-0.1, -0.05) is 60.7 Å². The van der Waals surface area contributed by atoms with Gasteiger partial charge in [0, 0.05) is 26.1 Å². The van der Waals surface area contributed by atoms with Crippen LogP contribution >= 0.6 is 0 Å². The number of nitrogens with one attached hydrogen (secondary N) is 1. The lowest BCUT2D eigenvalue weighted by atomic mass is 9.88. The summed E-state index contributed by atoms with van der Waals surface area (Å²) >= 11 is 0. The fourth-order valence-corrected chi connectivity index (χ4v) is 3.36. The maximum atomic E-state index is 12.7. The van der Waals surface area contributed by atoms with Gasteiger partial charge in [0.25, 0.3) is 0 Å². The number of rotatable bonds is 6. The summed E-state index contributed by atoms with van der Waals surface area (Å²) < 4.78 is 10.9. The maximum absolute atomic E-state index is 12.7. The van der Waals surface area contributed by atoms with E-state index in [4.69, 9.17) is 9.47 Å². The molecule has 1 fully saturated rings. The summed E-state index contributed by atoms with van der Waals surface area (Å²) in [6, 6.07) is 20.4. The summed E-state index contributed by atoms with van der Waals surface area (Å²) in [5, 5.41) is 3.15. The van der Waals surface area contributed by atoms with Crippen molar-refractivity contribution in [3.63, 3.8) is 0 Å². The van der Waals surface area contributed by atoms with E-state index < -0.39 is 0 Å². The summed E-state index contributed by atoms with van der Waals surface area (Å²) in [4.78, 5) is 12.7. The molecule has 1 aliphatic heterocycles. The Kier molecular flexibility index (Phi) is 6.20. The molecular weight excluding hydrogens is 314 g/mol. The Morgan fingerprint density at radius 2 is 1.72 bits per heavy atom. The third-order valence-electron chi connectivity index (χ3n) is 4.75. The Balaban J connectivity index is 1.73. The molecule has 0 aromatic heterocycles. The van der Waals surface area contributed by atoms with Crippen LogP contribution in [0.3, 0.4) is 0 Å². The SMILES string of the molecule is CO[C@@H]1COCC[C@H]1NC(=O)CC(c1ccccc1)c1ccccc1. The zero-order valence-corrected chi connectivity index (χ0v) is 14.6. The minimum Gasteiger partial charge on any atom is -0.379 e. The number of benzene rings is 2. The normalized spacial score (nSPS) is 20.4. The van der Waals surface area contributed by atoms with E-state index in [0.29, 0.717) is 19.6 Å². The molecule has 0 bridgehead atoms. The molecule has 0 saturated carbocycles. The van der Waals surface area contributed by atoms with Crippen LogP contribution < -0.4 is 5.32 Å². The topological polar surface area (TPSA) is 47.6 Å². The summed E-state index contributed by atoms with van der Waals surface area (Å²) in [5.74, 6) is 0.0925. The van der Waals surface area contributed by atoms with E-state index in [-0.39, 0.29) is 24.0 Å². The van der Waals surface area contributed by atoms with Crippen molar-refractivity contribution in [1.29, 1.82) is 0 Å². The zero-order chi connectivity index (χ0) is 17.5. The molecule has 4 heteroatoms. The molecule has 0 radical (unpaired) electrons. The first-order valence-corrected chi connectivity index (χ1v) is 8.77. The van der Waals surface area contributed by atoms with Crippen molar-refractivity contribution in [3.8, 4) is 0 Å². The number of hydrogen-bond donors (Lipinski definition) is 1. The van der Waals surface area contributed by atoms with Crippen molar-refractivity contribution >= 4 is 5.91 Å². The average molecular weight is 339 g/mol. The molecule has 0 aliphatic carbocycles. The Morgan fingerprint density at radius 1 is 1.12 bits per heavy atom. The lowest BCUT2D eigenvalue weighted by Gasteiger charge is -2.31. The molecule has 1 saturated heterocycles. The smallest absolute Gasteiger partial charge is 0.221 e. The second-order valence-corrected chi connectivity index (χ2v) is 6.39. The molecule has 4 nitrogen and oxygen atoms in total. The average Bonchev–Trinajstić information content (AvgIpc) is 2.68. The number of amides is 1. The van der Waals surface area contributed by atoms with E-state index in [2.05, 4.69) is 29.6 Å². The van der Waals surface area contributed by atoms with E-state index in [1.807, 2.05) is 36.4 Å². The van der Waals surface area contributed by atoms with Crippen LogP contribution in [0.15, 0.2) is 60.7 Å². The van der Waals surface area contributed by atoms with Crippen LogP contribution in [0.25, 0.3) is 0 Å². The first-order chi connectivity index (χ1) is 12.3. The van der Waals surface area contributed by atoms with Crippen LogP contribution in [0.1, 0.15) is 29.9 Å². The molecule has 1 amide bonds. The quantitative estimate of drug-likeness (QED) is 0.879. The van der Waals surface area contributed by atoms with Gasteiger partial charge in [-0.2, -0.15) is 0 Å². The van der Waals surface area contributed by atoms with Crippen LogP contribution in [-0.4, -0.2) is 38.4 Å². The van der Waals surface area contributed by atoms with Gasteiger partial charge in [-0.25, -0.2) is 0 Å². The summed E-state index contributed by atoms with van der Waals surface area (Å²) in [6.45, 7) is 1.19. The molecule has 1 heterocycles. The number of ether oxygens (including phenoxy) is 2. The van der Waals surface area contributed by atoms with Gasteiger partial charge in [0.15, 0.2) is 0 Å². The van der Waals surface area contributed by atoms with E-state index in [1.165, 1.54) is 0 Å². The molecule has 0 spiro atoms. The molecule has 1 N–H and O–H groups in total. The van der Waals surface area contributed by atoms with Crippen molar-refractivity contribution in [2.45, 2.75) is 30.9 Å². The Bertz CT molecular complexity index is 620. The predicted octanol–water partition coefficient (Wildman–Crippen LogP) is 3.13. The van der Waals surface area contributed by atoms with Crippen LogP contribution in [0.4, 0.5) is 0 Å². The standard InChI is InChI=1S/C21H25NO3/c1-24-20-15-25-13-12-19(20)22-21(23)14-18(16-8-4-2-5-9-16)17-10-6-3-7-11-17/h2-11,18-20H,12-15H2,1H3,(H,22,23)/t19-,20-/m1/s1. The molecule has 0 unspecified atom stereocenters. The minimum absolute atomic E-state index is 0.0125. The Hall–Kier alpha value is -2.17. The van der Waals surface area contributed by atoms with Gasteiger partial charge < -0.3 is 14.8 Å². The number of methoxy groups -OCH3 is 1. The third-order valence-corrected chi connectivity index (χ3v) is 4.75. The summed E-state index contributed by atoms with van der Waals surface area (Å²) in [5.41, 5.74) is 2.30. The minimum atomic E-state index is -0.0791. The fraction of sp³-hybridized carbons (Fsp3) is 0.381. The molecule has 25 heavy (non-hydrogen) atoms. The molecule has 132 valence electrons. The molecule has 2 aromatic carbocycles. The van der Waals surface area contributed by atoms with Gasteiger partial charge in [0.2, 0.25) is 5.91 Å². The van der Waals surface area contributed by atoms with Crippen molar-refractivity contribution in [2.75, 3.05) is 20.3 Å². The van der Waals surface area contributed by atoms with Crippen LogP contribution in [0, 0.1) is 0 Å². The van der Waals surface area contributed by atoms with Crippen molar-refractivity contribution < 1.29 is 14.3 Å². The van der Waals surface area contributed by atoms with Gasteiger partial charge in [-0.15, -0.1) is 0 Å².